The smallest absolute Gasteiger partial charge is 0.343 e. The summed E-state index contributed by atoms with van der Waals surface area (Å²) in [6, 6.07) is 13.9. The maximum Gasteiger partial charge on any atom is 0.343 e. The highest BCUT2D eigenvalue weighted by Crippen LogP contribution is 2.24. The van der Waals surface area contributed by atoms with Crippen LogP contribution in [0.5, 0.6) is 0 Å². The van der Waals surface area contributed by atoms with Gasteiger partial charge in [-0.1, -0.05) is 30.3 Å². The average Bonchev–Trinajstić information content (AvgIpc) is 2.78. The molecule has 0 fully saturated rings. The number of carbonyl (C=O) groups is 2. The SMILES string of the molecule is CCOC(=O)c1cnc(Nc2ccc(C(N)=O)c(C)c2)nc1N[C@H](CO)c1ccccc1. The molecule has 5 N–H and O–H groups in total. The van der Waals surface area contributed by atoms with Crippen molar-refractivity contribution in [1.82, 2.24) is 9.97 Å². The van der Waals surface area contributed by atoms with Gasteiger partial charge in [-0.25, -0.2) is 9.78 Å². The molecule has 1 amide bonds. The number of aryl methyl sites for hydroxylation is 1. The van der Waals surface area contributed by atoms with Crippen LogP contribution in [0.3, 0.4) is 0 Å². The molecule has 0 spiro atoms. The largest absolute Gasteiger partial charge is 0.462 e. The zero-order valence-electron chi connectivity index (χ0n) is 17.8. The summed E-state index contributed by atoms with van der Waals surface area (Å²) in [4.78, 5) is 32.5. The van der Waals surface area contributed by atoms with Gasteiger partial charge >= 0.3 is 5.97 Å². The van der Waals surface area contributed by atoms with Gasteiger partial charge in [-0.3, -0.25) is 4.79 Å². The Bertz CT molecular complexity index is 1100. The summed E-state index contributed by atoms with van der Waals surface area (Å²) in [5, 5.41) is 16.1. The molecule has 0 saturated carbocycles. The number of hydrogen-bond acceptors (Lipinski definition) is 8. The molecule has 0 unspecified atom stereocenters. The summed E-state index contributed by atoms with van der Waals surface area (Å²) in [6.07, 6.45) is 1.36. The Kier molecular flexibility index (Phi) is 7.35. The van der Waals surface area contributed by atoms with Crippen LogP contribution < -0.4 is 16.4 Å². The zero-order valence-corrected chi connectivity index (χ0v) is 17.8. The lowest BCUT2D eigenvalue weighted by molar-refractivity contribution is 0.0526. The number of rotatable bonds is 9. The van der Waals surface area contributed by atoms with Crippen LogP contribution in [0.25, 0.3) is 0 Å². The van der Waals surface area contributed by atoms with E-state index in [1.54, 1.807) is 32.0 Å². The summed E-state index contributed by atoms with van der Waals surface area (Å²) in [5.41, 5.74) is 8.10. The van der Waals surface area contributed by atoms with Gasteiger partial charge in [-0.2, -0.15) is 4.98 Å². The monoisotopic (exact) mass is 435 g/mol. The Morgan fingerprint density at radius 3 is 2.53 bits per heavy atom. The number of primary amides is 1. The van der Waals surface area contributed by atoms with Crippen molar-refractivity contribution in [3.8, 4) is 0 Å². The van der Waals surface area contributed by atoms with Gasteiger partial charge in [0, 0.05) is 17.4 Å². The number of nitrogens with two attached hydrogens (primary N) is 1. The van der Waals surface area contributed by atoms with Crippen molar-refractivity contribution in [2.45, 2.75) is 19.9 Å². The fraction of sp³-hybridized carbons (Fsp3) is 0.217. The molecule has 3 rings (SSSR count). The number of amides is 1. The lowest BCUT2D eigenvalue weighted by atomic mass is 10.1. The number of aliphatic hydroxyl groups is 1. The second kappa shape index (κ2) is 10.4. The van der Waals surface area contributed by atoms with E-state index in [9.17, 15) is 14.7 Å². The topological polar surface area (TPSA) is 139 Å². The maximum atomic E-state index is 12.4. The Morgan fingerprint density at radius 2 is 1.91 bits per heavy atom. The van der Waals surface area contributed by atoms with Gasteiger partial charge in [0.25, 0.3) is 0 Å². The lowest BCUT2D eigenvalue weighted by Crippen LogP contribution is -2.19. The molecule has 9 heteroatoms. The summed E-state index contributed by atoms with van der Waals surface area (Å²) >= 11 is 0. The van der Waals surface area contributed by atoms with Gasteiger partial charge < -0.3 is 26.2 Å². The first-order valence-corrected chi connectivity index (χ1v) is 10.1. The second-order valence-corrected chi connectivity index (χ2v) is 6.99. The van der Waals surface area contributed by atoms with E-state index in [-0.39, 0.29) is 30.5 Å². The van der Waals surface area contributed by atoms with Gasteiger partial charge in [0.05, 0.1) is 19.3 Å². The minimum Gasteiger partial charge on any atom is -0.462 e. The Morgan fingerprint density at radius 1 is 1.16 bits per heavy atom. The van der Waals surface area contributed by atoms with Gasteiger partial charge in [-0.05, 0) is 43.2 Å². The van der Waals surface area contributed by atoms with Crippen molar-refractivity contribution in [3.63, 3.8) is 0 Å². The second-order valence-electron chi connectivity index (χ2n) is 6.99. The molecule has 166 valence electrons. The van der Waals surface area contributed by atoms with E-state index >= 15 is 0 Å². The first-order chi connectivity index (χ1) is 15.4. The predicted molar refractivity (Wildman–Crippen MR) is 121 cm³/mol. The van der Waals surface area contributed by atoms with E-state index < -0.39 is 17.9 Å². The van der Waals surface area contributed by atoms with Crippen LogP contribution in [0, 0.1) is 6.92 Å². The molecule has 0 aliphatic carbocycles. The van der Waals surface area contributed by atoms with Crippen LogP contribution in [0.2, 0.25) is 0 Å². The molecule has 32 heavy (non-hydrogen) atoms. The fourth-order valence-electron chi connectivity index (χ4n) is 3.14. The summed E-state index contributed by atoms with van der Waals surface area (Å²) in [7, 11) is 0. The molecular formula is C23H25N5O4. The molecule has 0 aliphatic rings. The molecule has 0 radical (unpaired) electrons. The summed E-state index contributed by atoms with van der Waals surface area (Å²) < 4.78 is 5.11. The molecule has 0 bridgehead atoms. The first-order valence-electron chi connectivity index (χ1n) is 10.1. The van der Waals surface area contributed by atoms with E-state index in [0.29, 0.717) is 16.8 Å². The van der Waals surface area contributed by atoms with Crippen LogP contribution in [-0.4, -0.2) is 40.2 Å². The Balaban J connectivity index is 1.93. The number of hydrogen-bond donors (Lipinski definition) is 4. The number of nitrogens with one attached hydrogen (secondary N) is 2. The molecule has 0 aliphatic heterocycles. The Labute approximate surface area is 185 Å². The van der Waals surface area contributed by atoms with E-state index in [0.717, 1.165) is 5.56 Å². The molecule has 1 aromatic heterocycles. The number of anilines is 3. The van der Waals surface area contributed by atoms with E-state index in [2.05, 4.69) is 20.6 Å². The predicted octanol–water partition coefficient (Wildman–Crippen LogP) is 2.95. The number of ether oxygens (including phenoxy) is 1. The maximum absolute atomic E-state index is 12.4. The summed E-state index contributed by atoms with van der Waals surface area (Å²) in [6.45, 7) is 3.47. The van der Waals surface area contributed by atoms with E-state index in [1.807, 2.05) is 30.3 Å². The van der Waals surface area contributed by atoms with Gasteiger partial charge in [0.1, 0.15) is 11.4 Å². The van der Waals surface area contributed by atoms with Crippen LogP contribution >= 0.6 is 0 Å². The number of esters is 1. The molecule has 1 heterocycles. The van der Waals surface area contributed by atoms with Crippen molar-refractivity contribution in [3.05, 3.63) is 77.0 Å². The number of benzene rings is 2. The third kappa shape index (κ3) is 5.38. The van der Waals surface area contributed by atoms with Crippen LogP contribution in [0.4, 0.5) is 17.5 Å². The standard InChI is InChI=1S/C23H25N5O4/c1-3-32-22(31)18-12-25-23(26-16-9-10-17(20(24)30)14(2)11-16)28-21(18)27-19(13-29)15-7-5-4-6-8-15/h4-12,19,29H,3,13H2,1-2H3,(H2,24,30)(H2,25,26,27,28)/t19-/m1/s1. The van der Waals surface area contributed by atoms with Crippen LogP contribution in [-0.2, 0) is 4.74 Å². The molecule has 2 aromatic carbocycles. The zero-order chi connectivity index (χ0) is 23.1. The third-order valence-electron chi connectivity index (χ3n) is 4.73. The number of nitrogens with zero attached hydrogens (tertiary/aromatic N) is 2. The Hall–Kier alpha value is -3.98. The minimum atomic E-state index is -0.576. The van der Waals surface area contributed by atoms with Crippen molar-refractivity contribution in [2.24, 2.45) is 5.73 Å². The third-order valence-corrected chi connectivity index (χ3v) is 4.73. The van der Waals surface area contributed by atoms with E-state index in [1.165, 1.54) is 6.20 Å². The lowest BCUT2D eigenvalue weighted by Gasteiger charge is -2.19. The van der Waals surface area contributed by atoms with Gasteiger partial charge in [0.15, 0.2) is 0 Å². The molecule has 0 saturated heterocycles. The molecule has 3 aromatic rings. The van der Waals surface area contributed by atoms with Crippen LogP contribution in [0.15, 0.2) is 54.7 Å². The number of aliphatic hydroxyl groups excluding tert-OH is 1. The highest BCUT2D eigenvalue weighted by atomic mass is 16.5. The average molecular weight is 435 g/mol. The fourth-order valence-corrected chi connectivity index (χ4v) is 3.14. The van der Waals surface area contributed by atoms with Crippen molar-refractivity contribution >= 4 is 29.3 Å². The quantitative estimate of drug-likeness (QED) is 0.376. The van der Waals surface area contributed by atoms with E-state index in [4.69, 9.17) is 10.5 Å². The van der Waals surface area contributed by atoms with Gasteiger partial charge in [-0.15, -0.1) is 0 Å². The first kappa shape index (κ1) is 22.7. The van der Waals surface area contributed by atoms with Crippen molar-refractivity contribution in [1.29, 1.82) is 0 Å². The summed E-state index contributed by atoms with van der Waals surface area (Å²) in [5.74, 6) is -0.648. The minimum absolute atomic E-state index is 0.145. The van der Waals surface area contributed by atoms with Crippen molar-refractivity contribution in [2.75, 3.05) is 23.8 Å². The molecular weight excluding hydrogens is 410 g/mol. The highest BCUT2D eigenvalue weighted by Gasteiger charge is 2.20. The highest BCUT2D eigenvalue weighted by molar-refractivity contribution is 5.95. The van der Waals surface area contributed by atoms with Crippen molar-refractivity contribution < 1.29 is 19.4 Å². The number of carbonyl (C=O) groups excluding carboxylic acids is 2. The van der Waals surface area contributed by atoms with Crippen LogP contribution in [0.1, 0.15) is 44.8 Å². The van der Waals surface area contributed by atoms with Gasteiger partial charge in [0.2, 0.25) is 11.9 Å². The molecule has 9 nitrogen and oxygen atoms in total. The number of aromatic nitrogens is 2. The normalized spacial score (nSPS) is 11.5. The molecule has 1 atom stereocenters.